The van der Waals surface area contributed by atoms with Crippen LogP contribution in [0.3, 0.4) is 0 Å². The zero-order chi connectivity index (χ0) is 12.2. The lowest BCUT2D eigenvalue weighted by atomic mass is 10.0. The Kier molecular flexibility index (Phi) is 10.9. The largest absolute Gasteiger partial charge is 0.377 e. The molecule has 0 saturated carbocycles. The molecule has 0 aliphatic carbocycles. The van der Waals surface area contributed by atoms with Crippen molar-refractivity contribution in [3.8, 4) is 0 Å². The Morgan fingerprint density at radius 1 is 1.19 bits per heavy atom. The van der Waals surface area contributed by atoms with E-state index in [4.69, 9.17) is 4.74 Å². The van der Waals surface area contributed by atoms with E-state index in [0.717, 1.165) is 32.4 Å². The van der Waals surface area contributed by atoms with Crippen molar-refractivity contribution >= 4 is 0 Å². The third-order valence-corrected chi connectivity index (χ3v) is 2.74. The van der Waals surface area contributed by atoms with Crippen molar-refractivity contribution in [2.24, 2.45) is 0 Å². The van der Waals surface area contributed by atoms with Crippen LogP contribution in [0.1, 0.15) is 52.9 Å². The van der Waals surface area contributed by atoms with Crippen molar-refractivity contribution < 1.29 is 4.74 Å². The van der Waals surface area contributed by atoms with Gasteiger partial charge in [-0.05, 0) is 39.2 Å². The van der Waals surface area contributed by atoms with E-state index in [1.165, 1.54) is 12.8 Å². The van der Waals surface area contributed by atoms with Crippen molar-refractivity contribution in [3.63, 3.8) is 0 Å². The summed E-state index contributed by atoms with van der Waals surface area (Å²) in [5, 5.41) is 3.60. The van der Waals surface area contributed by atoms with E-state index >= 15 is 0 Å². The summed E-state index contributed by atoms with van der Waals surface area (Å²) >= 11 is 0. The van der Waals surface area contributed by atoms with Gasteiger partial charge in [-0.2, -0.15) is 0 Å². The molecule has 0 bridgehead atoms. The van der Waals surface area contributed by atoms with Gasteiger partial charge in [-0.15, -0.1) is 6.58 Å². The molecular formula is C14H29NO. The van der Waals surface area contributed by atoms with Crippen LogP contribution in [0.5, 0.6) is 0 Å². The van der Waals surface area contributed by atoms with E-state index in [2.05, 4.69) is 32.7 Å². The van der Waals surface area contributed by atoms with Crippen molar-refractivity contribution in [1.82, 2.24) is 5.32 Å². The first-order valence-electron chi connectivity index (χ1n) is 6.75. The number of allylic oxidation sites excluding steroid dienone is 1. The van der Waals surface area contributed by atoms with Gasteiger partial charge >= 0.3 is 0 Å². The SMILES string of the molecule is C=CCCC(NCCC)C(CCC)OCC. The van der Waals surface area contributed by atoms with Gasteiger partial charge in [-0.25, -0.2) is 0 Å². The second-order valence-electron chi connectivity index (χ2n) is 4.21. The predicted octanol–water partition coefficient (Wildman–Crippen LogP) is 3.53. The molecule has 2 unspecified atom stereocenters. The lowest BCUT2D eigenvalue weighted by molar-refractivity contribution is 0.0262. The minimum atomic E-state index is 0.362. The first-order valence-corrected chi connectivity index (χ1v) is 6.75. The van der Waals surface area contributed by atoms with Gasteiger partial charge in [-0.1, -0.05) is 26.3 Å². The molecule has 0 aliphatic rings. The normalized spacial score (nSPS) is 14.7. The predicted molar refractivity (Wildman–Crippen MR) is 71.8 cm³/mol. The molecule has 2 heteroatoms. The van der Waals surface area contributed by atoms with Crippen LogP contribution in [0.4, 0.5) is 0 Å². The monoisotopic (exact) mass is 227 g/mol. The summed E-state index contributed by atoms with van der Waals surface area (Å²) in [7, 11) is 0. The molecule has 0 aromatic rings. The Hall–Kier alpha value is -0.340. The van der Waals surface area contributed by atoms with Gasteiger partial charge < -0.3 is 10.1 Å². The topological polar surface area (TPSA) is 21.3 Å². The quantitative estimate of drug-likeness (QED) is 0.545. The van der Waals surface area contributed by atoms with E-state index < -0.39 is 0 Å². The summed E-state index contributed by atoms with van der Waals surface area (Å²) in [4.78, 5) is 0. The van der Waals surface area contributed by atoms with E-state index in [0.29, 0.717) is 12.1 Å². The number of hydrogen-bond acceptors (Lipinski definition) is 2. The molecule has 2 atom stereocenters. The Morgan fingerprint density at radius 3 is 2.44 bits per heavy atom. The zero-order valence-corrected chi connectivity index (χ0v) is 11.3. The van der Waals surface area contributed by atoms with Gasteiger partial charge in [-0.3, -0.25) is 0 Å². The fourth-order valence-corrected chi connectivity index (χ4v) is 1.95. The molecule has 0 aromatic heterocycles. The van der Waals surface area contributed by atoms with E-state index in [-0.39, 0.29) is 0 Å². The van der Waals surface area contributed by atoms with Crippen molar-refractivity contribution in [3.05, 3.63) is 12.7 Å². The molecule has 0 fully saturated rings. The maximum atomic E-state index is 5.84. The molecule has 96 valence electrons. The molecule has 0 aliphatic heterocycles. The number of nitrogens with one attached hydrogen (secondary N) is 1. The second kappa shape index (κ2) is 11.2. The Bertz CT molecular complexity index is 153. The highest BCUT2D eigenvalue weighted by atomic mass is 16.5. The second-order valence-corrected chi connectivity index (χ2v) is 4.21. The fraction of sp³-hybridized carbons (Fsp3) is 0.857. The van der Waals surface area contributed by atoms with Gasteiger partial charge in [0.1, 0.15) is 0 Å². The lowest BCUT2D eigenvalue weighted by Crippen LogP contribution is -2.41. The molecule has 0 aromatic carbocycles. The summed E-state index contributed by atoms with van der Waals surface area (Å²) < 4.78 is 5.84. The van der Waals surface area contributed by atoms with Gasteiger partial charge in [0.15, 0.2) is 0 Å². The van der Waals surface area contributed by atoms with Gasteiger partial charge in [0.25, 0.3) is 0 Å². The first-order chi connectivity index (χ1) is 7.79. The van der Waals surface area contributed by atoms with Gasteiger partial charge in [0.2, 0.25) is 0 Å². The number of hydrogen-bond donors (Lipinski definition) is 1. The maximum absolute atomic E-state index is 5.84. The minimum Gasteiger partial charge on any atom is -0.377 e. The molecule has 0 heterocycles. The maximum Gasteiger partial charge on any atom is 0.0727 e. The summed E-state index contributed by atoms with van der Waals surface area (Å²) in [6.45, 7) is 12.2. The van der Waals surface area contributed by atoms with Crippen LogP contribution >= 0.6 is 0 Å². The average molecular weight is 227 g/mol. The molecular weight excluding hydrogens is 198 g/mol. The molecule has 0 saturated heterocycles. The number of ether oxygens (including phenoxy) is 1. The van der Waals surface area contributed by atoms with Crippen LogP contribution in [-0.4, -0.2) is 25.3 Å². The van der Waals surface area contributed by atoms with Crippen molar-refractivity contribution in [2.45, 2.75) is 65.0 Å². The molecule has 1 N–H and O–H groups in total. The minimum absolute atomic E-state index is 0.362. The highest BCUT2D eigenvalue weighted by Crippen LogP contribution is 2.12. The molecule has 0 amide bonds. The van der Waals surface area contributed by atoms with Crippen LogP contribution in [0, 0.1) is 0 Å². The molecule has 0 rings (SSSR count). The standard InChI is InChI=1S/C14H29NO/c1-5-9-11-13(15-12-7-3)14(10-6-2)16-8-4/h5,13-15H,1,6-12H2,2-4H3. The molecule has 0 spiro atoms. The lowest BCUT2D eigenvalue weighted by Gasteiger charge is -2.27. The van der Waals surface area contributed by atoms with E-state index in [1.807, 2.05) is 6.08 Å². The van der Waals surface area contributed by atoms with Gasteiger partial charge in [0.05, 0.1) is 6.10 Å². The van der Waals surface area contributed by atoms with E-state index in [9.17, 15) is 0 Å². The van der Waals surface area contributed by atoms with Crippen LogP contribution in [-0.2, 0) is 4.74 Å². The smallest absolute Gasteiger partial charge is 0.0727 e. The third kappa shape index (κ3) is 7.02. The summed E-state index contributed by atoms with van der Waals surface area (Å²) in [6, 6.07) is 0.484. The van der Waals surface area contributed by atoms with Crippen LogP contribution in [0.25, 0.3) is 0 Å². The van der Waals surface area contributed by atoms with Crippen molar-refractivity contribution in [2.75, 3.05) is 13.2 Å². The molecule has 2 nitrogen and oxygen atoms in total. The van der Waals surface area contributed by atoms with Crippen molar-refractivity contribution in [1.29, 1.82) is 0 Å². The highest BCUT2D eigenvalue weighted by Gasteiger charge is 2.19. The zero-order valence-electron chi connectivity index (χ0n) is 11.3. The Labute approximate surface area is 101 Å². The fourth-order valence-electron chi connectivity index (χ4n) is 1.95. The summed E-state index contributed by atoms with van der Waals surface area (Å²) in [6.07, 6.45) is 8.06. The number of rotatable bonds is 11. The average Bonchev–Trinajstić information content (AvgIpc) is 2.29. The molecule has 16 heavy (non-hydrogen) atoms. The summed E-state index contributed by atoms with van der Waals surface area (Å²) in [5.74, 6) is 0. The van der Waals surface area contributed by atoms with Gasteiger partial charge in [0, 0.05) is 12.6 Å². The Balaban J connectivity index is 4.20. The summed E-state index contributed by atoms with van der Waals surface area (Å²) in [5.41, 5.74) is 0. The Morgan fingerprint density at radius 2 is 1.94 bits per heavy atom. The van der Waals surface area contributed by atoms with Crippen LogP contribution in [0.2, 0.25) is 0 Å². The van der Waals surface area contributed by atoms with E-state index in [1.54, 1.807) is 0 Å². The third-order valence-electron chi connectivity index (χ3n) is 2.74. The first kappa shape index (κ1) is 15.7. The molecule has 0 radical (unpaired) electrons. The van der Waals surface area contributed by atoms with Crippen LogP contribution < -0.4 is 5.32 Å². The highest BCUT2D eigenvalue weighted by molar-refractivity contribution is 4.80. The van der Waals surface area contributed by atoms with Crippen LogP contribution in [0.15, 0.2) is 12.7 Å².